The lowest BCUT2D eigenvalue weighted by atomic mass is 9.95. The van der Waals surface area contributed by atoms with Crippen molar-refractivity contribution in [1.29, 1.82) is 0 Å². The number of nitrogens with one attached hydrogen (secondary N) is 1. The maximum absolute atomic E-state index is 12.0. The molecule has 0 bridgehead atoms. The molecule has 0 aromatic heterocycles. The highest BCUT2D eigenvalue weighted by atomic mass is 16.2. The predicted molar refractivity (Wildman–Crippen MR) is 77.7 cm³/mol. The van der Waals surface area contributed by atoms with Crippen molar-refractivity contribution in [3.63, 3.8) is 0 Å². The number of hydrogen-bond donors (Lipinski definition) is 2. The number of likely N-dealkylation sites (tertiary alicyclic amines) is 1. The molecule has 2 aliphatic rings. The maximum atomic E-state index is 12.0. The lowest BCUT2D eigenvalue weighted by molar-refractivity contribution is -0.133. The molecule has 1 saturated carbocycles. The van der Waals surface area contributed by atoms with Crippen molar-refractivity contribution in [2.75, 3.05) is 26.2 Å². The van der Waals surface area contributed by atoms with Gasteiger partial charge in [-0.15, -0.1) is 0 Å². The average molecular weight is 267 g/mol. The van der Waals surface area contributed by atoms with E-state index in [-0.39, 0.29) is 0 Å². The van der Waals surface area contributed by atoms with Gasteiger partial charge in [0.2, 0.25) is 5.91 Å². The van der Waals surface area contributed by atoms with Crippen LogP contribution in [0.4, 0.5) is 0 Å². The van der Waals surface area contributed by atoms with Crippen LogP contribution in [0.25, 0.3) is 0 Å². The summed E-state index contributed by atoms with van der Waals surface area (Å²) in [4.78, 5) is 14.0. The van der Waals surface area contributed by atoms with Crippen LogP contribution in [-0.2, 0) is 4.79 Å². The molecule has 2 rings (SSSR count). The Labute approximate surface area is 117 Å². The van der Waals surface area contributed by atoms with Gasteiger partial charge in [-0.25, -0.2) is 0 Å². The Morgan fingerprint density at radius 3 is 2.37 bits per heavy atom. The lowest BCUT2D eigenvalue weighted by Gasteiger charge is -2.33. The van der Waals surface area contributed by atoms with Gasteiger partial charge in [0.05, 0.1) is 0 Å². The molecular formula is C15H29N3O. The Morgan fingerprint density at radius 2 is 1.89 bits per heavy atom. The fourth-order valence-corrected chi connectivity index (χ4v) is 2.80. The van der Waals surface area contributed by atoms with Crippen molar-refractivity contribution in [2.45, 2.75) is 45.6 Å². The third-order valence-corrected chi connectivity index (χ3v) is 4.65. The number of carbonyl (C=O) groups is 1. The molecule has 0 spiro atoms. The molecule has 1 amide bonds. The second-order valence-electron chi connectivity index (χ2n) is 6.52. The van der Waals surface area contributed by atoms with E-state index in [0.717, 1.165) is 51.9 Å². The molecule has 2 fully saturated rings. The summed E-state index contributed by atoms with van der Waals surface area (Å²) in [6.07, 6.45) is 4.41. The van der Waals surface area contributed by atoms with E-state index in [1.54, 1.807) is 0 Å². The first-order valence-electron chi connectivity index (χ1n) is 7.84. The zero-order valence-corrected chi connectivity index (χ0v) is 12.4. The molecule has 1 heterocycles. The van der Waals surface area contributed by atoms with Gasteiger partial charge in [-0.05, 0) is 50.6 Å². The van der Waals surface area contributed by atoms with E-state index in [1.165, 1.54) is 0 Å². The van der Waals surface area contributed by atoms with E-state index in [0.29, 0.717) is 29.7 Å². The smallest absolute Gasteiger partial charge is 0.225 e. The van der Waals surface area contributed by atoms with Gasteiger partial charge in [0.1, 0.15) is 0 Å². The van der Waals surface area contributed by atoms with E-state index in [4.69, 9.17) is 5.73 Å². The molecule has 4 nitrogen and oxygen atoms in total. The first-order valence-corrected chi connectivity index (χ1v) is 7.84. The van der Waals surface area contributed by atoms with Crippen LogP contribution in [0.5, 0.6) is 0 Å². The minimum atomic E-state index is 0.368. The van der Waals surface area contributed by atoms with Crippen LogP contribution >= 0.6 is 0 Å². The van der Waals surface area contributed by atoms with Gasteiger partial charge in [-0.2, -0.15) is 0 Å². The Hall–Kier alpha value is -0.610. The summed E-state index contributed by atoms with van der Waals surface area (Å²) in [5.74, 6) is 1.97. The van der Waals surface area contributed by atoms with Crippen LogP contribution in [0.1, 0.15) is 39.5 Å². The molecule has 4 heteroatoms. The summed E-state index contributed by atoms with van der Waals surface area (Å²) in [6.45, 7) is 8.09. The standard InChI is InChI=1S/C15H29N3O/c1-11(2)13(9-16)10-17-14-5-7-18(8-6-14)15(19)12-3-4-12/h11-14,17H,3-10,16H2,1-2H3. The molecule has 1 saturated heterocycles. The van der Waals surface area contributed by atoms with E-state index < -0.39 is 0 Å². The monoisotopic (exact) mass is 267 g/mol. The van der Waals surface area contributed by atoms with E-state index >= 15 is 0 Å². The van der Waals surface area contributed by atoms with Crippen molar-refractivity contribution in [2.24, 2.45) is 23.5 Å². The summed E-state index contributed by atoms with van der Waals surface area (Å²) >= 11 is 0. The Balaban J connectivity index is 1.66. The van der Waals surface area contributed by atoms with Crippen LogP contribution in [0.15, 0.2) is 0 Å². The zero-order chi connectivity index (χ0) is 13.8. The molecule has 0 aromatic carbocycles. The molecule has 1 atom stereocenters. The van der Waals surface area contributed by atoms with Gasteiger partial charge in [0, 0.05) is 25.0 Å². The highest BCUT2D eigenvalue weighted by Gasteiger charge is 2.34. The number of nitrogens with two attached hydrogens (primary N) is 1. The molecule has 0 aromatic rings. The van der Waals surface area contributed by atoms with Crippen molar-refractivity contribution < 1.29 is 4.79 Å². The molecule has 1 aliphatic heterocycles. The lowest BCUT2D eigenvalue weighted by Crippen LogP contribution is -2.47. The highest BCUT2D eigenvalue weighted by molar-refractivity contribution is 5.81. The molecule has 110 valence electrons. The molecule has 1 unspecified atom stereocenters. The molecule has 19 heavy (non-hydrogen) atoms. The number of amides is 1. The zero-order valence-electron chi connectivity index (χ0n) is 12.4. The van der Waals surface area contributed by atoms with Crippen LogP contribution in [0.3, 0.4) is 0 Å². The van der Waals surface area contributed by atoms with Crippen LogP contribution in [0, 0.1) is 17.8 Å². The summed E-state index contributed by atoms with van der Waals surface area (Å²) < 4.78 is 0. The third kappa shape index (κ3) is 4.18. The number of nitrogens with zero attached hydrogens (tertiary/aromatic N) is 1. The predicted octanol–water partition coefficient (Wildman–Crippen LogP) is 1.21. The first-order chi connectivity index (χ1) is 9.11. The SMILES string of the molecule is CC(C)C(CN)CNC1CCN(C(=O)C2CC2)CC1. The summed E-state index contributed by atoms with van der Waals surface area (Å²) in [7, 11) is 0. The van der Waals surface area contributed by atoms with Crippen LogP contribution in [0.2, 0.25) is 0 Å². The molecule has 1 aliphatic carbocycles. The highest BCUT2D eigenvalue weighted by Crippen LogP contribution is 2.31. The van der Waals surface area contributed by atoms with E-state index in [2.05, 4.69) is 24.1 Å². The van der Waals surface area contributed by atoms with Crippen molar-refractivity contribution in [1.82, 2.24) is 10.2 Å². The Morgan fingerprint density at radius 1 is 1.26 bits per heavy atom. The quantitative estimate of drug-likeness (QED) is 0.760. The molecule has 3 N–H and O–H groups in total. The second-order valence-corrected chi connectivity index (χ2v) is 6.52. The number of piperidine rings is 1. The normalized spacial score (nSPS) is 22.8. The van der Waals surface area contributed by atoms with Crippen molar-refractivity contribution >= 4 is 5.91 Å². The summed E-state index contributed by atoms with van der Waals surface area (Å²) in [5, 5.41) is 3.64. The minimum Gasteiger partial charge on any atom is -0.342 e. The van der Waals surface area contributed by atoms with Gasteiger partial charge in [-0.3, -0.25) is 4.79 Å². The Bertz CT molecular complexity index is 294. The topological polar surface area (TPSA) is 58.4 Å². The number of rotatable bonds is 6. The maximum Gasteiger partial charge on any atom is 0.225 e. The van der Waals surface area contributed by atoms with Gasteiger partial charge in [0.15, 0.2) is 0 Å². The fourth-order valence-electron chi connectivity index (χ4n) is 2.80. The number of carbonyl (C=O) groups excluding carboxylic acids is 1. The average Bonchev–Trinajstić information content (AvgIpc) is 3.23. The number of hydrogen-bond acceptors (Lipinski definition) is 3. The van der Waals surface area contributed by atoms with Crippen molar-refractivity contribution in [3.05, 3.63) is 0 Å². The first kappa shape index (κ1) is 14.8. The summed E-state index contributed by atoms with van der Waals surface area (Å²) in [6, 6.07) is 0.566. The fraction of sp³-hybridized carbons (Fsp3) is 0.933. The van der Waals surface area contributed by atoms with E-state index in [1.807, 2.05) is 0 Å². The largest absolute Gasteiger partial charge is 0.342 e. The van der Waals surface area contributed by atoms with E-state index in [9.17, 15) is 4.79 Å². The van der Waals surface area contributed by atoms with Gasteiger partial charge >= 0.3 is 0 Å². The third-order valence-electron chi connectivity index (χ3n) is 4.65. The van der Waals surface area contributed by atoms with Crippen LogP contribution in [-0.4, -0.2) is 43.0 Å². The van der Waals surface area contributed by atoms with Crippen LogP contribution < -0.4 is 11.1 Å². The molecular weight excluding hydrogens is 238 g/mol. The van der Waals surface area contributed by atoms with Gasteiger partial charge < -0.3 is 16.0 Å². The minimum absolute atomic E-state index is 0.368. The Kier molecular flexibility index (Phi) is 5.22. The van der Waals surface area contributed by atoms with Gasteiger partial charge in [-0.1, -0.05) is 13.8 Å². The summed E-state index contributed by atoms with van der Waals surface area (Å²) in [5.41, 5.74) is 5.80. The van der Waals surface area contributed by atoms with Crippen molar-refractivity contribution in [3.8, 4) is 0 Å². The second kappa shape index (κ2) is 6.71. The molecule has 0 radical (unpaired) electrons. The van der Waals surface area contributed by atoms with Gasteiger partial charge in [0.25, 0.3) is 0 Å².